The smallest absolute Gasteiger partial charge is 0.0587 e. The van der Waals surface area contributed by atoms with E-state index in [-0.39, 0.29) is 36.3 Å². The predicted molar refractivity (Wildman–Crippen MR) is 172 cm³/mol. The maximum Gasteiger partial charge on any atom is 0.0587 e. The molecule has 0 amide bonds. The minimum atomic E-state index is 0. The molecule has 4 rings (SSSR count). The quantitative estimate of drug-likeness (QED) is 0.218. The summed E-state index contributed by atoms with van der Waals surface area (Å²) in [6, 6.07) is 1.75. The molecule has 4 heteroatoms. The van der Waals surface area contributed by atoms with E-state index in [1.54, 1.807) is 57.4 Å². The van der Waals surface area contributed by atoms with Crippen LogP contribution in [-0.2, 0) is 20.4 Å². The van der Waals surface area contributed by atoms with Gasteiger partial charge >= 0.3 is 0 Å². The average Bonchev–Trinajstić information content (AvgIpc) is 2.86. The van der Waals surface area contributed by atoms with Gasteiger partial charge in [0, 0.05) is 27.3 Å². The second-order valence-corrected chi connectivity index (χ2v) is 21.8. The fourth-order valence-electron chi connectivity index (χ4n) is 8.22. The summed E-state index contributed by atoms with van der Waals surface area (Å²) >= 11 is 0. The molecule has 0 aromatic carbocycles. The van der Waals surface area contributed by atoms with Crippen molar-refractivity contribution in [1.29, 1.82) is 5.26 Å². The van der Waals surface area contributed by atoms with Crippen molar-refractivity contribution < 1.29 is 20.4 Å². The van der Waals surface area contributed by atoms with Gasteiger partial charge in [0.05, 0.1) is 6.07 Å². The Labute approximate surface area is 256 Å². The minimum Gasteiger partial charge on any atom is -0.199 e. The van der Waals surface area contributed by atoms with Crippen molar-refractivity contribution in [2.45, 2.75) is 210 Å². The van der Waals surface area contributed by atoms with Crippen LogP contribution in [0.1, 0.15) is 177 Å². The molecular weight excluding hydrogens is 591 g/mol. The summed E-state index contributed by atoms with van der Waals surface area (Å²) in [7, 11) is 0.524. The van der Waals surface area contributed by atoms with E-state index in [1.165, 1.54) is 84.0 Å². The molecule has 0 aliphatic heterocycles. The van der Waals surface area contributed by atoms with Gasteiger partial charge in [0.25, 0.3) is 0 Å². The van der Waals surface area contributed by atoms with E-state index in [0.29, 0.717) is 10.3 Å². The van der Waals surface area contributed by atoms with Crippen molar-refractivity contribution in [3.63, 3.8) is 0 Å². The summed E-state index contributed by atoms with van der Waals surface area (Å²) < 4.78 is 0. The topological polar surface area (TPSA) is 23.8 Å². The standard InChI is InChI=1S/2C16H31P.C2H3N.Pd/c2*1-16(2,3)17(14-10-6-4-7-11-14)15-12-8-5-9-13-15;1-2-3;/h2*14-15H,4-13H2,1-3H3;1H3;. The van der Waals surface area contributed by atoms with Crippen molar-refractivity contribution in [3.05, 3.63) is 0 Å². The average molecular weight is 656 g/mol. The summed E-state index contributed by atoms with van der Waals surface area (Å²) in [6.07, 6.45) is 30.6. The Morgan fingerprint density at radius 1 is 0.447 bits per heavy atom. The molecule has 0 saturated heterocycles. The largest absolute Gasteiger partial charge is 0.199 e. The fraction of sp³-hybridized carbons (Fsp3) is 0.971. The van der Waals surface area contributed by atoms with Crippen LogP contribution in [0.5, 0.6) is 0 Å². The van der Waals surface area contributed by atoms with Crippen molar-refractivity contribution in [2.75, 3.05) is 0 Å². The first kappa shape index (κ1) is 37.0. The van der Waals surface area contributed by atoms with Gasteiger partial charge in [-0.2, -0.15) is 5.26 Å². The SMILES string of the molecule is CC#N.CC(C)(C)P(C1CCCCC1)C1CCCCC1.CC(C)(C)P(C1CCCCC1)C1CCCCC1.[Pd]. The maximum atomic E-state index is 7.32. The van der Waals surface area contributed by atoms with E-state index in [9.17, 15) is 0 Å². The second kappa shape index (κ2) is 19.2. The number of hydrogen-bond donors (Lipinski definition) is 0. The Bertz CT molecular complexity index is 536. The van der Waals surface area contributed by atoms with E-state index >= 15 is 0 Å². The van der Waals surface area contributed by atoms with Crippen molar-refractivity contribution in [1.82, 2.24) is 0 Å². The zero-order chi connectivity index (χ0) is 27.3. The predicted octanol–water partition coefficient (Wildman–Crippen LogP) is 12.4. The molecular formula is C34H65NP2Pd. The zero-order valence-electron chi connectivity index (χ0n) is 26.6. The Morgan fingerprint density at radius 2 is 0.605 bits per heavy atom. The number of rotatable bonds is 4. The second-order valence-electron chi connectivity index (χ2n) is 14.5. The molecule has 4 aliphatic carbocycles. The van der Waals surface area contributed by atoms with Gasteiger partial charge < -0.3 is 0 Å². The van der Waals surface area contributed by atoms with Crippen LogP contribution in [0.15, 0.2) is 0 Å². The molecule has 0 atom stereocenters. The molecule has 0 aromatic rings. The monoisotopic (exact) mass is 655 g/mol. The van der Waals surface area contributed by atoms with Gasteiger partial charge in [0.1, 0.15) is 0 Å². The van der Waals surface area contributed by atoms with Gasteiger partial charge in [0.15, 0.2) is 0 Å². The van der Waals surface area contributed by atoms with Gasteiger partial charge in [-0.05, 0) is 84.3 Å². The van der Waals surface area contributed by atoms with E-state index < -0.39 is 0 Å². The van der Waals surface area contributed by atoms with Crippen LogP contribution < -0.4 is 0 Å². The van der Waals surface area contributed by atoms with Crippen LogP contribution >= 0.6 is 15.8 Å². The molecule has 4 fully saturated rings. The van der Waals surface area contributed by atoms with Crippen LogP contribution in [-0.4, -0.2) is 32.9 Å². The molecule has 0 unspecified atom stereocenters. The first-order chi connectivity index (χ1) is 17.6. The molecule has 0 aromatic heterocycles. The third kappa shape index (κ3) is 12.9. The van der Waals surface area contributed by atoms with E-state index in [4.69, 9.17) is 5.26 Å². The summed E-state index contributed by atoms with van der Waals surface area (Å²) in [5.74, 6) is 0. The third-order valence-electron chi connectivity index (χ3n) is 9.42. The minimum absolute atomic E-state index is 0. The Kier molecular flexibility index (Phi) is 18.8. The molecule has 4 aliphatic rings. The first-order valence-corrected chi connectivity index (χ1v) is 19.4. The summed E-state index contributed by atoms with van der Waals surface area (Å²) in [4.78, 5) is 0. The molecule has 38 heavy (non-hydrogen) atoms. The van der Waals surface area contributed by atoms with Crippen LogP contribution in [0.3, 0.4) is 0 Å². The van der Waals surface area contributed by atoms with Gasteiger partial charge in [-0.15, -0.1) is 0 Å². The summed E-state index contributed by atoms with van der Waals surface area (Å²) in [5, 5.41) is 8.51. The summed E-state index contributed by atoms with van der Waals surface area (Å²) in [5.41, 5.74) is 4.45. The van der Waals surface area contributed by atoms with Gasteiger partial charge in [-0.25, -0.2) is 0 Å². The van der Waals surface area contributed by atoms with E-state index in [2.05, 4.69) is 41.5 Å². The van der Waals surface area contributed by atoms with Crippen LogP contribution in [0.4, 0.5) is 0 Å². The molecule has 0 radical (unpaired) electrons. The number of nitrogens with zero attached hydrogens (tertiary/aromatic N) is 1. The van der Waals surface area contributed by atoms with Crippen LogP contribution in [0, 0.1) is 11.3 Å². The molecule has 0 bridgehead atoms. The zero-order valence-corrected chi connectivity index (χ0v) is 30.0. The molecule has 4 saturated carbocycles. The molecule has 0 spiro atoms. The Hall–Kier alpha value is 1.01. The summed E-state index contributed by atoms with van der Waals surface area (Å²) in [6.45, 7) is 16.6. The van der Waals surface area contributed by atoms with E-state index in [1.807, 2.05) is 0 Å². The third-order valence-corrected chi connectivity index (χ3v) is 17.7. The maximum absolute atomic E-state index is 7.32. The molecule has 226 valence electrons. The van der Waals surface area contributed by atoms with Crippen molar-refractivity contribution >= 4 is 15.8 Å². The van der Waals surface area contributed by atoms with Gasteiger partial charge in [-0.3, -0.25) is 0 Å². The first-order valence-electron chi connectivity index (χ1n) is 16.5. The molecule has 1 nitrogen and oxygen atoms in total. The Balaban J connectivity index is 0.000000337. The van der Waals surface area contributed by atoms with Crippen LogP contribution in [0.2, 0.25) is 0 Å². The fourth-order valence-corrected chi connectivity index (χ4v) is 17.5. The van der Waals surface area contributed by atoms with Crippen molar-refractivity contribution in [2.24, 2.45) is 0 Å². The Morgan fingerprint density at radius 3 is 0.737 bits per heavy atom. The van der Waals surface area contributed by atoms with E-state index in [0.717, 1.165) is 22.6 Å². The van der Waals surface area contributed by atoms with Crippen molar-refractivity contribution in [3.8, 4) is 6.07 Å². The number of nitriles is 1. The molecule has 0 N–H and O–H groups in total. The van der Waals surface area contributed by atoms with Crippen LogP contribution in [0.25, 0.3) is 0 Å². The number of hydrogen-bond acceptors (Lipinski definition) is 1. The van der Waals surface area contributed by atoms with Gasteiger partial charge in [-0.1, -0.05) is 134 Å². The molecule has 0 heterocycles. The normalized spacial score (nSPS) is 22.9. The van der Waals surface area contributed by atoms with Gasteiger partial charge in [0.2, 0.25) is 0 Å².